The van der Waals surface area contributed by atoms with Gasteiger partial charge in [-0.2, -0.15) is 0 Å². The predicted molar refractivity (Wildman–Crippen MR) is 74.8 cm³/mol. The summed E-state index contributed by atoms with van der Waals surface area (Å²) in [5, 5.41) is 0. The Bertz CT molecular complexity index is 511. The van der Waals surface area contributed by atoms with Gasteiger partial charge in [-0.3, -0.25) is 0 Å². The average molecular weight is 259 g/mol. The van der Waals surface area contributed by atoms with E-state index in [9.17, 15) is 0 Å². The molecule has 4 heteroatoms. The van der Waals surface area contributed by atoms with Crippen molar-refractivity contribution in [2.24, 2.45) is 0 Å². The minimum absolute atomic E-state index is 0.445. The van der Waals surface area contributed by atoms with E-state index in [-0.39, 0.29) is 0 Å². The summed E-state index contributed by atoms with van der Waals surface area (Å²) >= 11 is 0. The van der Waals surface area contributed by atoms with Gasteiger partial charge in [0.15, 0.2) is 0 Å². The maximum atomic E-state index is 5.77. The van der Waals surface area contributed by atoms with Gasteiger partial charge in [0.25, 0.3) is 0 Å². The molecule has 0 unspecified atom stereocenters. The molecule has 0 atom stereocenters. The highest BCUT2D eigenvalue weighted by Gasteiger charge is 1.99. The molecule has 0 aromatic heterocycles. The molecular weight excluding hydrogens is 242 g/mol. The molecule has 0 amide bonds. The second-order valence-corrected chi connectivity index (χ2v) is 3.91. The first-order valence-electron chi connectivity index (χ1n) is 6.04. The Labute approximate surface area is 112 Å². The van der Waals surface area contributed by atoms with Gasteiger partial charge in [-0.05, 0) is 36.4 Å². The Morgan fingerprint density at radius 1 is 0.842 bits per heavy atom. The number of anilines is 1. The van der Waals surface area contributed by atoms with Crippen LogP contribution in [0.1, 0.15) is 0 Å². The van der Waals surface area contributed by atoms with Crippen molar-refractivity contribution < 1.29 is 14.2 Å². The van der Waals surface area contributed by atoms with E-state index in [0.717, 1.165) is 11.5 Å². The van der Waals surface area contributed by atoms with Crippen molar-refractivity contribution in [3.05, 3.63) is 48.5 Å². The Kier molecular flexibility index (Phi) is 4.50. The van der Waals surface area contributed by atoms with Gasteiger partial charge in [-0.1, -0.05) is 12.1 Å². The van der Waals surface area contributed by atoms with Crippen molar-refractivity contribution in [3.8, 4) is 17.2 Å². The molecule has 0 spiro atoms. The van der Waals surface area contributed by atoms with Gasteiger partial charge < -0.3 is 19.9 Å². The molecule has 2 aromatic rings. The van der Waals surface area contributed by atoms with Gasteiger partial charge in [0.2, 0.25) is 0 Å². The minimum Gasteiger partial charge on any atom is -0.497 e. The molecule has 0 saturated carbocycles. The summed E-state index contributed by atoms with van der Waals surface area (Å²) in [6.07, 6.45) is 0. The fourth-order valence-corrected chi connectivity index (χ4v) is 1.60. The van der Waals surface area contributed by atoms with Crippen LogP contribution in [0.2, 0.25) is 0 Å². The molecule has 0 fully saturated rings. The summed E-state index contributed by atoms with van der Waals surface area (Å²) in [7, 11) is 1.63. The van der Waals surface area contributed by atoms with E-state index in [0.29, 0.717) is 24.7 Å². The van der Waals surface area contributed by atoms with Gasteiger partial charge in [0.05, 0.1) is 12.8 Å². The first kappa shape index (κ1) is 13.1. The van der Waals surface area contributed by atoms with E-state index < -0.39 is 0 Å². The lowest BCUT2D eigenvalue weighted by atomic mass is 10.3. The van der Waals surface area contributed by atoms with Crippen LogP contribution in [0.4, 0.5) is 5.69 Å². The third-order valence-corrected chi connectivity index (χ3v) is 2.59. The standard InChI is InChI=1S/C15H17NO3/c1-17-12-6-8-13(9-7-12)18-10-11-19-15-5-3-2-4-14(15)16/h2-9H,10-11,16H2,1H3. The van der Waals surface area contributed by atoms with Crippen molar-refractivity contribution >= 4 is 5.69 Å². The van der Waals surface area contributed by atoms with Crippen LogP contribution < -0.4 is 19.9 Å². The summed E-state index contributed by atoms with van der Waals surface area (Å²) in [6, 6.07) is 14.8. The number of nitrogens with two attached hydrogens (primary N) is 1. The topological polar surface area (TPSA) is 53.7 Å². The number of rotatable bonds is 6. The summed E-state index contributed by atoms with van der Waals surface area (Å²) in [4.78, 5) is 0. The van der Waals surface area contributed by atoms with Gasteiger partial charge in [-0.25, -0.2) is 0 Å². The summed E-state index contributed by atoms with van der Waals surface area (Å²) < 4.78 is 16.1. The Morgan fingerprint density at radius 3 is 2.16 bits per heavy atom. The summed E-state index contributed by atoms with van der Waals surface area (Å²) in [5.74, 6) is 2.27. The number of nitrogen functional groups attached to an aromatic ring is 1. The second kappa shape index (κ2) is 6.54. The molecule has 2 rings (SSSR count). The number of benzene rings is 2. The third-order valence-electron chi connectivity index (χ3n) is 2.59. The van der Waals surface area contributed by atoms with E-state index in [1.165, 1.54) is 0 Å². The minimum atomic E-state index is 0.445. The predicted octanol–water partition coefficient (Wildman–Crippen LogP) is 2.74. The van der Waals surface area contributed by atoms with Crippen molar-refractivity contribution in [2.75, 3.05) is 26.1 Å². The first-order valence-corrected chi connectivity index (χ1v) is 6.04. The highest BCUT2D eigenvalue weighted by molar-refractivity contribution is 5.51. The number of methoxy groups -OCH3 is 1. The van der Waals surface area contributed by atoms with Crippen LogP contribution in [-0.4, -0.2) is 20.3 Å². The second-order valence-electron chi connectivity index (χ2n) is 3.91. The van der Waals surface area contributed by atoms with Gasteiger partial charge in [0.1, 0.15) is 30.5 Å². The van der Waals surface area contributed by atoms with Crippen LogP contribution >= 0.6 is 0 Å². The molecule has 0 aliphatic rings. The van der Waals surface area contributed by atoms with E-state index in [1.54, 1.807) is 13.2 Å². The molecule has 100 valence electrons. The van der Waals surface area contributed by atoms with Crippen LogP contribution in [0.3, 0.4) is 0 Å². The van der Waals surface area contributed by atoms with Crippen molar-refractivity contribution in [3.63, 3.8) is 0 Å². The fourth-order valence-electron chi connectivity index (χ4n) is 1.60. The Hall–Kier alpha value is -2.36. The normalized spacial score (nSPS) is 9.95. The zero-order chi connectivity index (χ0) is 13.5. The molecule has 0 radical (unpaired) electrons. The van der Waals surface area contributed by atoms with E-state index >= 15 is 0 Å². The van der Waals surface area contributed by atoms with Gasteiger partial charge >= 0.3 is 0 Å². The van der Waals surface area contributed by atoms with Gasteiger partial charge in [0, 0.05) is 0 Å². The SMILES string of the molecule is COc1ccc(OCCOc2ccccc2N)cc1. The molecule has 0 aliphatic heterocycles. The number of hydrogen-bond donors (Lipinski definition) is 1. The lowest BCUT2D eigenvalue weighted by molar-refractivity contribution is 0.218. The summed E-state index contributed by atoms with van der Waals surface area (Å²) in [5.41, 5.74) is 6.40. The maximum absolute atomic E-state index is 5.77. The quantitative estimate of drug-likeness (QED) is 0.640. The Balaban J connectivity index is 1.76. The van der Waals surface area contributed by atoms with E-state index in [4.69, 9.17) is 19.9 Å². The first-order chi connectivity index (χ1) is 9.29. The van der Waals surface area contributed by atoms with Crippen LogP contribution in [0.25, 0.3) is 0 Å². The molecule has 0 aliphatic carbocycles. The zero-order valence-corrected chi connectivity index (χ0v) is 10.8. The number of hydrogen-bond acceptors (Lipinski definition) is 4. The van der Waals surface area contributed by atoms with Crippen LogP contribution in [0.15, 0.2) is 48.5 Å². The molecule has 0 saturated heterocycles. The van der Waals surface area contributed by atoms with Crippen LogP contribution in [-0.2, 0) is 0 Å². The van der Waals surface area contributed by atoms with Crippen LogP contribution in [0, 0.1) is 0 Å². The number of para-hydroxylation sites is 2. The molecular formula is C15H17NO3. The molecule has 0 bridgehead atoms. The van der Waals surface area contributed by atoms with E-state index in [1.807, 2.05) is 42.5 Å². The molecule has 19 heavy (non-hydrogen) atoms. The highest BCUT2D eigenvalue weighted by Crippen LogP contribution is 2.20. The van der Waals surface area contributed by atoms with Crippen LogP contribution in [0.5, 0.6) is 17.2 Å². The molecule has 0 heterocycles. The smallest absolute Gasteiger partial charge is 0.142 e. The largest absolute Gasteiger partial charge is 0.497 e. The highest BCUT2D eigenvalue weighted by atomic mass is 16.5. The van der Waals surface area contributed by atoms with Gasteiger partial charge in [-0.15, -0.1) is 0 Å². The monoisotopic (exact) mass is 259 g/mol. The van der Waals surface area contributed by atoms with E-state index in [2.05, 4.69) is 0 Å². The van der Waals surface area contributed by atoms with Crippen molar-refractivity contribution in [2.45, 2.75) is 0 Å². The zero-order valence-electron chi connectivity index (χ0n) is 10.8. The molecule has 4 nitrogen and oxygen atoms in total. The molecule has 2 N–H and O–H groups in total. The summed E-state index contributed by atoms with van der Waals surface area (Å²) in [6.45, 7) is 0.904. The van der Waals surface area contributed by atoms with Crippen molar-refractivity contribution in [1.82, 2.24) is 0 Å². The fraction of sp³-hybridized carbons (Fsp3) is 0.200. The maximum Gasteiger partial charge on any atom is 0.142 e. The average Bonchev–Trinajstić information content (AvgIpc) is 2.46. The lowest BCUT2D eigenvalue weighted by Gasteiger charge is -2.10. The third kappa shape index (κ3) is 3.81. The van der Waals surface area contributed by atoms with Crippen molar-refractivity contribution in [1.29, 1.82) is 0 Å². The lowest BCUT2D eigenvalue weighted by Crippen LogP contribution is -2.09. The molecule has 2 aromatic carbocycles. The number of ether oxygens (including phenoxy) is 3. The Morgan fingerprint density at radius 2 is 1.47 bits per heavy atom.